The van der Waals surface area contributed by atoms with E-state index in [4.69, 9.17) is 4.74 Å². The zero-order chi connectivity index (χ0) is 14.9. The van der Waals surface area contributed by atoms with Crippen LogP contribution in [0.4, 0.5) is 0 Å². The Morgan fingerprint density at radius 3 is 2.80 bits per heavy atom. The standard InChI is InChI=1S/C12H19N3O4S/c1-4-19-12(16)10-7-13-14-11(10)20(17,18)15(3)8(2)9-5-6-9/h7-9H,4-6H2,1-3H3,(H,13,14). The van der Waals surface area contributed by atoms with Crippen LogP contribution in [-0.4, -0.2) is 48.6 Å². The lowest BCUT2D eigenvalue weighted by Gasteiger charge is -2.23. The van der Waals surface area contributed by atoms with Crippen molar-refractivity contribution in [3.63, 3.8) is 0 Å². The molecule has 1 saturated carbocycles. The number of rotatable bonds is 6. The van der Waals surface area contributed by atoms with E-state index in [1.54, 1.807) is 6.92 Å². The number of nitrogens with zero attached hydrogens (tertiary/aromatic N) is 2. The van der Waals surface area contributed by atoms with Gasteiger partial charge in [-0.1, -0.05) is 0 Å². The van der Waals surface area contributed by atoms with Gasteiger partial charge in [-0.15, -0.1) is 0 Å². The zero-order valence-electron chi connectivity index (χ0n) is 11.8. The number of hydrogen-bond acceptors (Lipinski definition) is 5. The van der Waals surface area contributed by atoms with Crippen LogP contribution in [0.25, 0.3) is 0 Å². The molecule has 0 aliphatic heterocycles. The van der Waals surface area contributed by atoms with Crippen LogP contribution in [-0.2, 0) is 14.8 Å². The molecule has 0 saturated heterocycles. The summed E-state index contributed by atoms with van der Waals surface area (Å²) in [5, 5.41) is 5.86. The van der Waals surface area contributed by atoms with Crippen LogP contribution in [0, 0.1) is 5.92 Å². The van der Waals surface area contributed by atoms with Gasteiger partial charge in [0.2, 0.25) is 0 Å². The number of hydrogen-bond donors (Lipinski definition) is 1. The molecule has 1 fully saturated rings. The Morgan fingerprint density at radius 1 is 1.60 bits per heavy atom. The second-order valence-electron chi connectivity index (χ2n) is 4.93. The van der Waals surface area contributed by atoms with E-state index in [9.17, 15) is 13.2 Å². The van der Waals surface area contributed by atoms with Gasteiger partial charge >= 0.3 is 5.97 Å². The molecule has 20 heavy (non-hydrogen) atoms. The summed E-state index contributed by atoms with van der Waals surface area (Å²) in [5.74, 6) is -0.295. The normalized spacial score (nSPS) is 17.2. The highest BCUT2D eigenvalue weighted by Crippen LogP contribution is 2.36. The third kappa shape index (κ3) is 2.71. The maximum atomic E-state index is 12.5. The lowest BCUT2D eigenvalue weighted by Crippen LogP contribution is -2.37. The zero-order valence-corrected chi connectivity index (χ0v) is 12.6. The van der Waals surface area contributed by atoms with E-state index < -0.39 is 16.0 Å². The molecule has 0 spiro atoms. The summed E-state index contributed by atoms with van der Waals surface area (Å²) in [7, 11) is -2.26. The van der Waals surface area contributed by atoms with Gasteiger partial charge in [0, 0.05) is 13.1 Å². The van der Waals surface area contributed by atoms with Gasteiger partial charge in [-0.05, 0) is 32.6 Å². The molecule has 0 radical (unpaired) electrons. The van der Waals surface area contributed by atoms with Crippen molar-refractivity contribution in [1.29, 1.82) is 0 Å². The van der Waals surface area contributed by atoms with Crippen LogP contribution < -0.4 is 0 Å². The molecule has 0 aromatic carbocycles. The fraction of sp³-hybridized carbons (Fsp3) is 0.667. The maximum absolute atomic E-state index is 12.5. The molecule has 8 heteroatoms. The van der Waals surface area contributed by atoms with E-state index in [1.165, 1.54) is 17.5 Å². The van der Waals surface area contributed by atoms with E-state index in [-0.39, 0.29) is 23.2 Å². The fourth-order valence-corrected chi connectivity index (χ4v) is 3.54. The quantitative estimate of drug-likeness (QED) is 0.791. The number of nitrogens with one attached hydrogen (secondary N) is 1. The van der Waals surface area contributed by atoms with Gasteiger partial charge in [-0.3, -0.25) is 5.10 Å². The second kappa shape index (κ2) is 5.53. The Labute approximate surface area is 118 Å². The average molecular weight is 301 g/mol. The molecular formula is C12H19N3O4S. The summed E-state index contributed by atoms with van der Waals surface area (Å²) in [6.07, 6.45) is 3.25. The summed E-state index contributed by atoms with van der Waals surface area (Å²) < 4.78 is 31.2. The highest BCUT2D eigenvalue weighted by Gasteiger charge is 2.38. The smallest absolute Gasteiger partial charge is 0.342 e. The Hall–Kier alpha value is -1.41. The summed E-state index contributed by atoms with van der Waals surface area (Å²) >= 11 is 0. The van der Waals surface area contributed by atoms with E-state index >= 15 is 0 Å². The number of esters is 1. The first kappa shape index (κ1) is 15.0. The molecule has 1 unspecified atom stereocenters. The summed E-state index contributed by atoms with van der Waals surface area (Å²) in [4.78, 5) is 11.7. The number of aromatic amines is 1. The third-order valence-corrected chi connectivity index (χ3v) is 5.53. The average Bonchev–Trinajstić information content (AvgIpc) is 3.13. The first-order chi connectivity index (χ1) is 9.39. The highest BCUT2D eigenvalue weighted by molar-refractivity contribution is 7.89. The molecule has 1 N–H and O–H groups in total. The monoisotopic (exact) mass is 301 g/mol. The fourth-order valence-electron chi connectivity index (χ4n) is 2.06. The summed E-state index contributed by atoms with van der Waals surface area (Å²) in [6.45, 7) is 3.71. The van der Waals surface area contributed by atoms with Crippen LogP contribution >= 0.6 is 0 Å². The minimum absolute atomic E-state index is 0.0540. The van der Waals surface area contributed by atoms with Gasteiger partial charge in [0.15, 0.2) is 5.03 Å². The van der Waals surface area contributed by atoms with Gasteiger partial charge in [-0.2, -0.15) is 9.40 Å². The van der Waals surface area contributed by atoms with E-state index in [1.807, 2.05) is 6.92 Å². The summed E-state index contributed by atoms with van der Waals surface area (Å²) in [6, 6.07) is -0.0988. The molecule has 1 aliphatic carbocycles. The van der Waals surface area contributed by atoms with Crippen LogP contribution in [0.2, 0.25) is 0 Å². The molecule has 1 heterocycles. The largest absolute Gasteiger partial charge is 0.462 e. The first-order valence-electron chi connectivity index (χ1n) is 6.58. The van der Waals surface area contributed by atoms with Crippen molar-refractivity contribution in [2.24, 2.45) is 5.92 Å². The Morgan fingerprint density at radius 2 is 2.25 bits per heavy atom. The molecule has 1 aliphatic rings. The molecule has 0 bridgehead atoms. The van der Waals surface area contributed by atoms with Gasteiger partial charge < -0.3 is 4.74 Å². The molecule has 1 aromatic rings. The highest BCUT2D eigenvalue weighted by atomic mass is 32.2. The molecule has 112 valence electrons. The Kier molecular flexibility index (Phi) is 4.14. The molecular weight excluding hydrogens is 282 g/mol. The minimum Gasteiger partial charge on any atom is -0.462 e. The lowest BCUT2D eigenvalue weighted by atomic mass is 10.2. The van der Waals surface area contributed by atoms with Crippen molar-refractivity contribution < 1.29 is 17.9 Å². The van der Waals surface area contributed by atoms with Crippen molar-refractivity contribution in [2.45, 2.75) is 37.8 Å². The number of aromatic nitrogens is 2. The molecule has 1 atom stereocenters. The SMILES string of the molecule is CCOC(=O)c1cn[nH]c1S(=O)(=O)N(C)C(C)C1CC1. The molecule has 7 nitrogen and oxygen atoms in total. The van der Waals surface area contributed by atoms with Crippen molar-refractivity contribution >= 4 is 16.0 Å². The van der Waals surface area contributed by atoms with Crippen molar-refractivity contribution in [2.75, 3.05) is 13.7 Å². The molecule has 1 aromatic heterocycles. The maximum Gasteiger partial charge on any atom is 0.342 e. The van der Waals surface area contributed by atoms with Gasteiger partial charge in [0.05, 0.1) is 12.8 Å². The van der Waals surface area contributed by atoms with Gasteiger partial charge in [-0.25, -0.2) is 13.2 Å². The minimum atomic E-state index is -3.78. The van der Waals surface area contributed by atoms with Gasteiger partial charge in [0.1, 0.15) is 5.56 Å². The van der Waals surface area contributed by atoms with Gasteiger partial charge in [0.25, 0.3) is 10.0 Å². The van der Waals surface area contributed by atoms with Crippen molar-refractivity contribution in [3.05, 3.63) is 11.8 Å². The predicted octanol–water partition coefficient (Wildman–Crippen LogP) is 1.01. The Bertz CT molecular complexity index is 592. The number of sulfonamides is 1. The first-order valence-corrected chi connectivity index (χ1v) is 8.02. The lowest BCUT2D eigenvalue weighted by molar-refractivity contribution is 0.0521. The van der Waals surface area contributed by atoms with Crippen LogP contribution in [0.3, 0.4) is 0 Å². The van der Waals surface area contributed by atoms with E-state index in [2.05, 4.69) is 10.2 Å². The number of carbonyl (C=O) groups excluding carboxylic acids is 1. The molecule has 2 rings (SSSR count). The summed E-state index contributed by atoms with van der Waals surface area (Å²) in [5.41, 5.74) is -0.0540. The van der Waals surface area contributed by atoms with Crippen LogP contribution in [0.1, 0.15) is 37.0 Å². The topological polar surface area (TPSA) is 92.4 Å². The predicted molar refractivity (Wildman–Crippen MR) is 71.7 cm³/mol. The van der Waals surface area contributed by atoms with Crippen molar-refractivity contribution in [1.82, 2.24) is 14.5 Å². The van der Waals surface area contributed by atoms with Crippen molar-refractivity contribution in [3.8, 4) is 0 Å². The van der Waals surface area contributed by atoms with Crippen LogP contribution in [0.15, 0.2) is 11.2 Å². The number of ether oxygens (including phenoxy) is 1. The third-order valence-electron chi connectivity index (χ3n) is 3.61. The molecule has 0 amide bonds. The van der Waals surface area contributed by atoms with E-state index in [0.29, 0.717) is 5.92 Å². The number of carbonyl (C=O) groups is 1. The van der Waals surface area contributed by atoms with Crippen LogP contribution in [0.5, 0.6) is 0 Å². The Balaban J connectivity index is 2.30. The number of H-pyrrole nitrogens is 1. The van der Waals surface area contributed by atoms with E-state index in [0.717, 1.165) is 12.8 Å². The second-order valence-corrected chi connectivity index (χ2v) is 6.87.